The third-order valence-electron chi connectivity index (χ3n) is 5.91. The first-order valence-electron chi connectivity index (χ1n) is 11.0. The first kappa shape index (κ1) is 22.4. The van der Waals surface area contributed by atoms with Gasteiger partial charge < -0.3 is 14.4 Å². The average Bonchev–Trinajstić information content (AvgIpc) is 2.89. The number of carbonyl (C=O) groups is 1. The van der Waals surface area contributed by atoms with E-state index in [0.29, 0.717) is 30.2 Å². The summed E-state index contributed by atoms with van der Waals surface area (Å²) in [6, 6.07) is 28.1. The van der Waals surface area contributed by atoms with Crippen molar-refractivity contribution in [3.63, 3.8) is 0 Å². The van der Waals surface area contributed by atoms with Crippen LogP contribution >= 0.6 is 0 Å². The molecule has 0 saturated carbocycles. The summed E-state index contributed by atoms with van der Waals surface area (Å²) < 4.78 is 11.0. The fourth-order valence-corrected chi connectivity index (χ4v) is 4.20. The summed E-state index contributed by atoms with van der Waals surface area (Å²) in [6.07, 6.45) is 0. The molecule has 1 heterocycles. The minimum atomic E-state index is -0.0664. The zero-order valence-electron chi connectivity index (χ0n) is 18.7. The second-order valence-corrected chi connectivity index (χ2v) is 7.91. The molecule has 0 radical (unpaired) electrons. The van der Waals surface area contributed by atoms with Crippen molar-refractivity contribution in [1.29, 1.82) is 5.26 Å². The SMILES string of the molecule is COc1cc(C#N)ccc1OCC(=O)N1CCN(C(c2ccccc2)c2ccccc2)CC1. The van der Waals surface area contributed by atoms with Crippen molar-refractivity contribution in [2.75, 3.05) is 39.9 Å². The number of nitriles is 1. The molecule has 1 aliphatic heterocycles. The van der Waals surface area contributed by atoms with E-state index < -0.39 is 0 Å². The van der Waals surface area contributed by atoms with Gasteiger partial charge in [-0.05, 0) is 23.3 Å². The van der Waals surface area contributed by atoms with Crippen LogP contribution in [0.5, 0.6) is 11.5 Å². The lowest BCUT2D eigenvalue weighted by Crippen LogP contribution is -2.51. The summed E-state index contributed by atoms with van der Waals surface area (Å²) in [5.41, 5.74) is 2.98. The van der Waals surface area contributed by atoms with Crippen molar-refractivity contribution in [2.45, 2.75) is 6.04 Å². The van der Waals surface area contributed by atoms with Crippen LogP contribution in [0.15, 0.2) is 78.9 Å². The number of amides is 1. The van der Waals surface area contributed by atoms with E-state index in [1.165, 1.54) is 18.2 Å². The molecular formula is C27H27N3O3. The third kappa shape index (κ3) is 5.33. The fourth-order valence-electron chi connectivity index (χ4n) is 4.20. The Kier molecular flexibility index (Phi) is 7.23. The van der Waals surface area contributed by atoms with Gasteiger partial charge in [-0.2, -0.15) is 5.26 Å². The lowest BCUT2D eigenvalue weighted by Gasteiger charge is -2.39. The quantitative estimate of drug-likeness (QED) is 0.557. The molecule has 3 aromatic carbocycles. The summed E-state index contributed by atoms with van der Waals surface area (Å²) in [7, 11) is 1.51. The lowest BCUT2D eigenvalue weighted by atomic mass is 9.96. The maximum atomic E-state index is 12.8. The van der Waals surface area contributed by atoms with Gasteiger partial charge in [-0.15, -0.1) is 0 Å². The highest BCUT2D eigenvalue weighted by atomic mass is 16.5. The van der Waals surface area contributed by atoms with Crippen molar-refractivity contribution < 1.29 is 14.3 Å². The third-order valence-corrected chi connectivity index (χ3v) is 5.91. The molecule has 3 aromatic rings. The van der Waals surface area contributed by atoms with Gasteiger partial charge in [0.15, 0.2) is 18.1 Å². The molecule has 6 nitrogen and oxygen atoms in total. The number of nitrogens with zero attached hydrogens (tertiary/aromatic N) is 3. The minimum absolute atomic E-state index is 0.0583. The molecule has 6 heteroatoms. The predicted molar refractivity (Wildman–Crippen MR) is 126 cm³/mol. The summed E-state index contributed by atoms with van der Waals surface area (Å²) >= 11 is 0. The Balaban J connectivity index is 1.39. The van der Waals surface area contributed by atoms with E-state index in [0.717, 1.165) is 13.1 Å². The fraction of sp³-hybridized carbons (Fsp3) is 0.259. The van der Waals surface area contributed by atoms with Crippen molar-refractivity contribution in [3.8, 4) is 17.6 Å². The molecule has 168 valence electrons. The van der Waals surface area contributed by atoms with Crippen LogP contribution in [0.2, 0.25) is 0 Å². The Labute approximate surface area is 194 Å². The van der Waals surface area contributed by atoms with Gasteiger partial charge in [-0.1, -0.05) is 60.7 Å². The van der Waals surface area contributed by atoms with E-state index in [9.17, 15) is 4.79 Å². The van der Waals surface area contributed by atoms with Crippen LogP contribution in [0.3, 0.4) is 0 Å². The normalized spacial score (nSPS) is 14.0. The van der Waals surface area contributed by atoms with Crippen LogP contribution in [-0.4, -0.2) is 55.6 Å². The van der Waals surface area contributed by atoms with E-state index >= 15 is 0 Å². The molecule has 1 fully saturated rings. The maximum absolute atomic E-state index is 12.8. The zero-order chi connectivity index (χ0) is 23.0. The number of ether oxygens (including phenoxy) is 2. The zero-order valence-corrected chi connectivity index (χ0v) is 18.7. The molecule has 1 saturated heterocycles. The van der Waals surface area contributed by atoms with Crippen molar-refractivity contribution in [2.24, 2.45) is 0 Å². The van der Waals surface area contributed by atoms with Crippen LogP contribution in [0.4, 0.5) is 0 Å². The molecule has 0 N–H and O–H groups in total. The second kappa shape index (κ2) is 10.7. The van der Waals surface area contributed by atoms with Gasteiger partial charge in [0.2, 0.25) is 0 Å². The van der Waals surface area contributed by atoms with Crippen LogP contribution in [0.25, 0.3) is 0 Å². The number of carbonyl (C=O) groups excluding carboxylic acids is 1. The van der Waals surface area contributed by atoms with E-state index in [-0.39, 0.29) is 18.6 Å². The van der Waals surface area contributed by atoms with Gasteiger partial charge in [0.1, 0.15) is 0 Å². The molecule has 0 unspecified atom stereocenters. The Morgan fingerprint density at radius 3 is 2.06 bits per heavy atom. The Morgan fingerprint density at radius 2 is 1.52 bits per heavy atom. The van der Waals surface area contributed by atoms with Gasteiger partial charge >= 0.3 is 0 Å². The molecule has 0 aliphatic carbocycles. The van der Waals surface area contributed by atoms with Crippen LogP contribution in [-0.2, 0) is 4.79 Å². The highest BCUT2D eigenvalue weighted by Gasteiger charge is 2.28. The highest BCUT2D eigenvalue weighted by molar-refractivity contribution is 5.78. The molecule has 4 rings (SSSR count). The average molecular weight is 442 g/mol. The standard InChI is InChI=1S/C27H27N3O3/c1-32-25-18-21(19-28)12-13-24(25)33-20-26(31)29-14-16-30(17-15-29)27(22-8-4-2-5-9-22)23-10-6-3-7-11-23/h2-13,18,27H,14-17,20H2,1H3. The number of hydrogen-bond acceptors (Lipinski definition) is 5. The Morgan fingerprint density at radius 1 is 0.909 bits per heavy atom. The van der Waals surface area contributed by atoms with Crippen molar-refractivity contribution in [1.82, 2.24) is 9.80 Å². The molecular weight excluding hydrogens is 414 g/mol. The van der Waals surface area contributed by atoms with Gasteiger partial charge in [0.05, 0.1) is 24.8 Å². The van der Waals surface area contributed by atoms with Crippen molar-refractivity contribution in [3.05, 3.63) is 95.6 Å². The first-order valence-corrected chi connectivity index (χ1v) is 11.0. The van der Waals surface area contributed by atoms with Gasteiger partial charge in [-0.25, -0.2) is 0 Å². The molecule has 0 spiro atoms. The highest BCUT2D eigenvalue weighted by Crippen LogP contribution is 2.30. The predicted octanol–water partition coefficient (Wildman–Crippen LogP) is 3.88. The number of benzene rings is 3. The number of piperazine rings is 1. The van der Waals surface area contributed by atoms with E-state index in [2.05, 4.69) is 59.5 Å². The monoisotopic (exact) mass is 441 g/mol. The Hall–Kier alpha value is -3.82. The number of hydrogen-bond donors (Lipinski definition) is 0. The number of rotatable bonds is 7. The maximum Gasteiger partial charge on any atom is 0.260 e. The van der Waals surface area contributed by atoms with E-state index in [1.54, 1.807) is 18.2 Å². The van der Waals surface area contributed by atoms with Gasteiger partial charge in [-0.3, -0.25) is 9.69 Å². The topological polar surface area (TPSA) is 65.8 Å². The lowest BCUT2D eigenvalue weighted by molar-refractivity contribution is -0.135. The largest absolute Gasteiger partial charge is 0.493 e. The van der Waals surface area contributed by atoms with Crippen molar-refractivity contribution >= 4 is 5.91 Å². The minimum Gasteiger partial charge on any atom is -0.493 e. The van der Waals surface area contributed by atoms with E-state index in [4.69, 9.17) is 14.7 Å². The molecule has 0 atom stereocenters. The van der Waals surface area contributed by atoms with Gasteiger partial charge in [0, 0.05) is 32.2 Å². The molecule has 1 amide bonds. The number of methoxy groups -OCH3 is 1. The molecule has 33 heavy (non-hydrogen) atoms. The molecule has 0 bridgehead atoms. The van der Waals surface area contributed by atoms with Gasteiger partial charge in [0.25, 0.3) is 5.91 Å². The summed E-state index contributed by atoms with van der Waals surface area (Å²) in [4.78, 5) is 17.1. The van der Waals surface area contributed by atoms with E-state index in [1.807, 2.05) is 17.0 Å². The summed E-state index contributed by atoms with van der Waals surface area (Å²) in [5.74, 6) is 0.842. The summed E-state index contributed by atoms with van der Waals surface area (Å²) in [5, 5.41) is 9.03. The summed E-state index contributed by atoms with van der Waals surface area (Å²) in [6.45, 7) is 2.77. The first-order chi connectivity index (χ1) is 16.2. The molecule has 0 aromatic heterocycles. The Bertz CT molecular complexity index is 1060. The smallest absolute Gasteiger partial charge is 0.260 e. The van der Waals surface area contributed by atoms with Crippen LogP contribution in [0.1, 0.15) is 22.7 Å². The molecule has 1 aliphatic rings. The van der Waals surface area contributed by atoms with Crippen LogP contribution in [0, 0.1) is 11.3 Å². The van der Waals surface area contributed by atoms with Crippen LogP contribution < -0.4 is 9.47 Å². The second-order valence-electron chi connectivity index (χ2n) is 7.91.